The van der Waals surface area contributed by atoms with E-state index in [4.69, 9.17) is 0 Å². The van der Waals surface area contributed by atoms with Crippen LogP contribution < -0.4 is 0 Å². The Morgan fingerprint density at radius 2 is 2.00 bits per heavy atom. The Bertz CT molecular complexity index is 750. The molecule has 25 heavy (non-hydrogen) atoms. The second-order valence-electron chi connectivity index (χ2n) is 6.58. The van der Waals surface area contributed by atoms with E-state index in [0.717, 1.165) is 32.1 Å². The smallest absolute Gasteiger partial charge is 0.335 e. The molecule has 0 aromatic carbocycles. The van der Waals surface area contributed by atoms with E-state index in [-0.39, 0.29) is 12.6 Å². The molecular weight excluding hydrogens is 333 g/mol. The van der Waals surface area contributed by atoms with Gasteiger partial charge in [-0.1, -0.05) is 19.3 Å². The number of alkyl halides is 3. The van der Waals surface area contributed by atoms with Crippen LogP contribution in [0, 0.1) is 0 Å². The lowest BCUT2D eigenvalue weighted by atomic mass is 9.93. The first-order chi connectivity index (χ1) is 11.8. The van der Waals surface area contributed by atoms with Crippen molar-refractivity contribution in [1.29, 1.82) is 0 Å². The van der Waals surface area contributed by atoms with E-state index in [1.165, 1.54) is 11.1 Å². The molecule has 5 nitrogen and oxygen atoms in total. The van der Waals surface area contributed by atoms with E-state index in [0.29, 0.717) is 16.7 Å². The quantitative estimate of drug-likeness (QED) is 0.841. The van der Waals surface area contributed by atoms with Crippen molar-refractivity contribution >= 4 is 17.1 Å². The van der Waals surface area contributed by atoms with Crippen LogP contribution in [0.1, 0.15) is 48.9 Å². The van der Waals surface area contributed by atoms with Crippen LogP contribution in [0.5, 0.6) is 0 Å². The fraction of sp³-hybridized carbons (Fsp3) is 0.588. The van der Waals surface area contributed by atoms with Crippen molar-refractivity contribution < 1.29 is 18.0 Å². The maximum Gasteiger partial charge on any atom is 0.390 e. The summed E-state index contributed by atoms with van der Waals surface area (Å²) in [7, 11) is 1.79. The molecule has 1 fully saturated rings. The van der Waals surface area contributed by atoms with Crippen LogP contribution in [0.15, 0.2) is 18.6 Å². The molecule has 0 radical (unpaired) electrons. The Morgan fingerprint density at radius 3 is 2.68 bits per heavy atom. The van der Waals surface area contributed by atoms with Crippen LogP contribution in [-0.2, 0) is 7.05 Å². The number of nitrogens with zero attached hydrogens (tertiary/aromatic N) is 4. The molecule has 1 aliphatic carbocycles. The van der Waals surface area contributed by atoms with Gasteiger partial charge in [-0.3, -0.25) is 4.79 Å². The normalized spacial score (nSPS) is 16.3. The van der Waals surface area contributed by atoms with Crippen molar-refractivity contribution in [3.63, 3.8) is 0 Å². The van der Waals surface area contributed by atoms with Crippen LogP contribution in [0.2, 0.25) is 0 Å². The van der Waals surface area contributed by atoms with E-state index in [1.807, 2.05) is 0 Å². The van der Waals surface area contributed by atoms with Crippen molar-refractivity contribution in [1.82, 2.24) is 19.4 Å². The molecule has 1 aliphatic rings. The lowest BCUT2D eigenvalue weighted by molar-refractivity contribution is -0.137. The number of halogens is 3. The monoisotopic (exact) mass is 354 g/mol. The summed E-state index contributed by atoms with van der Waals surface area (Å²) in [5, 5.41) is 0. The molecule has 2 aromatic heterocycles. The van der Waals surface area contributed by atoms with E-state index in [9.17, 15) is 18.0 Å². The molecule has 1 saturated carbocycles. The number of carbonyl (C=O) groups excluding carboxylic acids is 1. The van der Waals surface area contributed by atoms with E-state index < -0.39 is 18.5 Å². The third-order valence-corrected chi connectivity index (χ3v) is 4.71. The highest BCUT2D eigenvalue weighted by molar-refractivity contribution is 5.96. The highest BCUT2D eigenvalue weighted by Crippen LogP contribution is 2.27. The Morgan fingerprint density at radius 1 is 1.28 bits per heavy atom. The summed E-state index contributed by atoms with van der Waals surface area (Å²) in [6.07, 6.45) is 2.20. The molecule has 0 unspecified atom stereocenters. The van der Waals surface area contributed by atoms with Gasteiger partial charge < -0.3 is 9.47 Å². The first-order valence-electron chi connectivity index (χ1n) is 8.50. The van der Waals surface area contributed by atoms with Crippen LogP contribution in [-0.4, -0.2) is 44.1 Å². The van der Waals surface area contributed by atoms with Gasteiger partial charge in [0.05, 0.1) is 18.3 Å². The van der Waals surface area contributed by atoms with Gasteiger partial charge in [0.15, 0.2) is 5.65 Å². The zero-order chi connectivity index (χ0) is 18.0. The molecule has 8 heteroatoms. The predicted octanol–water partition coefficient (Wildman–Crippen LogP) is 3.70. The van der Waals surface area contributed by atoms with Crippen molar-refractivity contribution in [3.05, 3.63) is 24.2 Å². The number of hydrogen-bond acceptors (Lipinski definition) is 3. The summed E-state index contributed by atoms with van der Waals surface area (Å²) in [5.74, 6) is -0.392. The summed E-state index contributed by atoms with van der Waals surface area (Å²) < 4.78 is 39.8. The molecule has 0 N–H and O–H groups in total. The van der Waals surface area contributed by atoms with Crippen molar-refractivity contribution in [2.45, 2.75) is 50.7 Å². The fourth-order valence-corrected chi connectivity index (χ4v) is 3.39. The average Bonchev–Trinajstić information content (AvgIpc) is 2.95. The maximum atomic E-state index is 12.9. The maximum absolute atomic E-state index is 12.9. The predicted molar refractivity (Wildman–Crippen MR) is 87.1 cm³/mol. The number of hydrogen-bond donors (Lipinski definition) is 0. The molecule has 2 aromatic rings. The molecule has 2 heterocycles. The second kappa shape index (κ2) is 7.01. The number of fused-ring (bicyclic) bond motifs is 1. The molecule has 0 bridgehead atoms. The third-order valence-electron chi connectivity index (χ3n) is 4.71. The first-order valence-corrected chi connectivity index (χ1v) is 8.50. The number of amides is 1. The van der Waals surface area contributed by atoms with Crippen molar-refractivity contribution in [2.75, 3.05) is 6.54 Å². The Balaban J connectivity index is 1.85. The van der Waals surface area contributed by atoms with Gasteiger partial charge in [-0.05, 0) is 18.9 Å². The summed E-state index contributed by atoms with van der Waals surface area (Å²) in [6.45, 7) is -0.312. The highest BCUT2D eigenvalue weighted by Gasteiger charge is 2.33. The number of imidazole rings is 1. The lowest BCUT2D eigenvalue weighted by Gasteiger charge is -2.34. The average molecular weight is 354 g/mol. The van der Waals surface area contributed by atoms with Gasteiger partial charge in [-0.15, -0.1) is 0 Å². The number of rotatable bonds is 4. The molecule has 0 aliphatic heterocycles. The topological polar surface area (TPSA) is 51.0 Å². The van der Waals surface area contributed by atoms with Crippen LogP contribution in [0.4, 0.5) is 13.2 Å². The summed E-state index contributed by atoms with van der Waals surface area (Å²) in [6, 6.07) is 1.47. The Hall–Kier alpha value is -2.12. The number of pyridine rings is 1. The minimum Gasteiger partial charge on any atom is -0.335 e. The van der Waals surface area contributed by atoms with Gasteiger partial charge >= 0.3 is 6.18 Å². The summed E-state index contributed by atoms with van der Waals surface area (Å²) >= 11 is 0. The Labute approximate surface area is 143 Å². The SMILES string of the molecule is Cn1cnc2cc(C(=O)N(CCC(F)(F)F)C3CCCCC3)cnc21. The van der Waals surface area contributed by atoms with E-state index in [2.05, 4.69) is 9.97 Å². The summed E-state index contributed by atoms with van der Waals surface area (Å²) in [5.41, 5.74) is 1.49. The molecule has 136 valence electrons. The summed E-state index contributed by atoms with van der Waals surface area (Å²) in [4.78, 5) is 22.7. The number of carbonyl (C=O) groups is 1. The van der Waals surface area contributed by atoms with E-state index >= 15 is 0 Å². The Kier molecular flexibility index (Phi) is 4.96. The van der Waals surface area contributed by atoms with E-state index in [1.54, 1.807) is 24.0 Å². The zero-order valence-corrected chi connectivity index (χ0v) is 14.1. The van der Waals surface area contributed by atoms with Gasteiger partial charge in [0.25, 0.3) is 5.91 Å². The van der Waals surface area contributed by atoms with Gasteiger partial charge in [-0.2, -0.15) is 13.2 Å². The van der Waals surface area contributed by atoms with Crippen LogP contribution >= 0.6 is 0 Å². The molecule has 0 atom stereocenters. The minimum atomic E-state index is -4.28. The molecule has 3 rings (SSSR count). The standard InChI is InChI=1S/C17H21F3N4O/c1-23-11-22-14-9-12(10-21-15(14)23)16(25)24(8-7-17(18,19)20)13-5-3-2-4-6-13/h9-11,13H,2-8H2,1H3. The van der Waals surface area contributed by atoms with Gasteiger partial charge in [-0.25, -0.2) is 9.97 Å². The van der Waals surface area contributed by atoms with Crippen LogP contribution in [0.25, 0.3) is 11.2 Å². The molecule has 0 spiro atoms. The second-order valence-corrected chi connectivity index (χ2v) is 6.58. The molecular formula is C17H21F3N4O. The van der Waals surface area contributed by atoms with Crippen molar-refractivity contribution in [3.8, 4) is 0 Å². The molecule has 0 saturated heterocycles. The number of aromatic nitrogens is 3. The van der Waals surface area contributed by atoms with Crippen molar-refractivity contribution in [2.24, 2.45) is 7.05 Å². The molecule has 1 amide bonds. The van der Waals surface area contributed by atoms with Gasteiger partial charge in [0.1, 0.15) is 5.52 Å². The lowest BCUT2D eigenvalue weighted by Crippen LogP contribution is -2.43. The highest BCUT2D eigenvalue weighted by atomic mass is 19.4. The fourth-order valence-electron chi connectivity index (χ4n) is 3.39. The minimum absolute atomic E-state index is 0.136. The van der Waals surface area contributed by atoms with Crippen LogP contribution in [0.3, 0.4) is 0 Å². The largest absolute Gasteiger partial charge is 0.390 e. The van der Waals surface area contributed by atoms with Gasteiger partial charge in [0, 0.05) is 25.8 Å². The number of aryl methyl sites for hydroxylation is 1. The third kappa shape index (κ3) is 4.11. The van der Waals surface area contributed by atoms with Gasteiger partial charge in [0.2, 0.25) is 0 Å². The first kappa shape index (κ1) is 17.7. The zero-order valence-electron chi connectivity index (χ0n) is 14.1.